The zero-order valence-corrected chi connectivity index (χ0v) is 12.3. The molecule has 0 aliphatic rings. The molecular weight excluding hydrogens is 266 g/mol. The Morgan fingerprint density at radius 1 is 1.14 bits per heavy atom. The van der Waals surface area contributed by atoms with Crippen LogP contribution in [0.1, 0.15) is 25.6 Å². The van der Waals surface area contributed by atoms with Crippen molar-refractivity contribution in [1.29, 1.82) is 0 Å². The van der Waals surface area contributed by atoms with Gasteiger partial charge in [-0.25, -0.2) is 9.67 Å². The number of hydrogen-bond acceptors (Lipinski definition) is 4. The number of carbonyl (C=O) groups is 1. The summed E-state index contributed by atoms with van der Waals surface area (Å²) in [5, 5.41) is 4.82. The molecule has 0 aliphatic heterocycles. The second-order valence-electron chi connectivity index (χ2n) is 4.07. The predicted octanol–water partition coefficient (Wildman–Crippen LogP) is 3.91. The largest absolute Gasteiger partial charge is 0.439 e. The van der Waals surface area contributed by atoms with E-state index in [9.17, 15) is 4.79 Å². The van der Waals surface area contributed by atoms with Gasteiger partial charge in [0.25, 0.3) is 0 Å². The lowest BCUT2D eigenvalue weighted by Gasteiger charge is -2.04. The normalized spacial score (nSPS) is 9.86. The van der Waals surface area contributed by atoms with Gasteiger partial charge in [0.2, 0.25) is 11.8 Å². The third-order valence-electron chi connectivity index (χ3n) is 2.69. The number of benzene rings is 1. The van der Waals surface area contributed by atoms with Gasteiger partial charge in [-0.2, -0.15) is 5.10 Å². The number of nitrogens with zero attached hydrogens (tertiary/aromatic N) is 3. The number of ether oxygens (including phenoxy) is 1. The Bertz CT molecular complexity index is 736. The van der Waals surface area contributed by atoms with Gasteiger partial charge in [-0.3, -0.25) is 4.79 Å². The first-order chi connectivity index (χ1) is 10.2. The first-order valence-electron chi connectivity index (χ1n) is 6.81. The minimum atomic E-state index is -0.146. The van der Waals surface area contributed by atoms with Crippen LogP contribution in [0, 0.1) is 0 Å². The molecule has 108 valence electrons. The van der Waals surface area contributed by atoms with Crippen molar-refractivity contribution in [3.05, 3.63) is 48.8 Å². The molecule has 0 amide bonds. The summed E-state index contributed by atoms with van der Waals surface area (Å²) in [5.41, 5.74) is 0.688. The molecule has 21 heavy (non-hydrogen) atoms. The monoisotopic (exact) mass is 283 g/mol. The van der Waals surface area contributed by atoms with E-state index in [0.717, 1.165) is 5.39 Å². The summed E-state index contributed by atoms with van der Waals surface area (Å²) in [5.74, 6) is 0.983. The fourth-order valence-corrected chi connectivity index (χ4v) is 1.82. The smallest absolute Gasteiger partial charge is 0.244 e. The number of aromatic nitrogens is 3. The lowest BCUT2D eigenvalue weighted by Crippen LogP contribution is -2.06. The molecule has 0 atom stereocenters. The highest BCUT2D eigenvalue weighted by molar-refractivity contribution is 5.89. The van der Waals surface area contributed by atoms with E-state index < -0.39 is 0 Å². The Morgan fingerprint density at radius 2 is 1.86 bits per heavy atom. The topological polar surface area (TPSA) is 57.0 Å². The summed E-state index contributed by atoms with van der Waals surface area (Å²) in [6.07, 6.45) is 3.25. The molecule has 0 spiro atoms. The van der Waals surface area contributed by atoms with Gasteiger partial charge in [-0.05, 0) is 12.1 Å². The third kappa shape index (κ3) is 3.25. The zero-order valence-electron chi connectivity index (χ0n) is 12.3. The van der Waals surface area contributed by atoms with Crippen molar-refractivity contribution in [2.75, 3.05) is 0 Å². The maximum absolute atomic E-state index is 11.4. The zero-order chi connectivity index (χ0) is 15.2. The van der Waals surface area contributed by atoms with Crippen molar-refractivity contribution in [3.63, 3.8) is 0 Å². The number of carbonyl (C=O) groups excluding carboxylic acids is 1. The highest BCUT2D eigenvalue weighted by Gasteiger charge is 2.08. The molecule has 1 aromatic carbocycles. The van der Waals surface area contributed by atoms with E-state index in [1.54, 1.807) is 18.5 Å². The van der Waals surface area contributed by atoms with Crippen LogP contribution in [0.3, 0.4) is 0 Å². The number of fused-ring (bicyclic) bond motifs is 1. The molecule has 2 aromatic heterocycles. The second kappa shape index (κ2) is 6.65. The van der Waals surface area contributed by atoms with Crippen LogP contribution in [0.25, 0.3) is 10.9 Å². The molecule has 0 radical (unpaired) electrons. The van der Waals surface area contributed by atoms with Crippen LogP contribution in [0.15, 0.2) is 48.8 Å². The first-order valence-corrected chi connectivity index (χ1v) is 6.81. The minimum absolute atomic E-state index is 0.146. The molecular formula is C16H17N3O2. The SMILES string of the molecule is CC.CC(=O)n1ncc2cnc(Oc3ccccc3)cc21. The molecule has 2 heterocycles. The average molecular weight is 283 g/mol. The summed E-state index contributed by atoms with van der Waals surface area (Å²) < 4.78 is 6.96. The predicted molar refractivity (Wildman–Crippen MR) is 81.7 cm³/mol. The Hall–Kier alpha value is -2.69. The van der Waals surface area contributed by atoms with Crippen molar-refractivity contribution in [2.24, 2.45) is 0 Å². The lowest BCUT2D eigenvalue weighted by molar-refractivity contribution is 0.0927. The van der Waals surface area contributed by atoms with Gasteiger partial charge < -0.3 is 4.74 Å². The highest BCUT2D eigenvalue weighted by atomic mass is 16.5. The van der Waals surface area contributed by atoms with Crippen LogP contribution < -0.4 is 4.74 Å². The minimum Gasteiger partial charge on any atom is -0.439 e. The summed E-state index contributed by atoms with van der Waals surface area (Å²) in [4.78, 5) is 15.6. The van der Waals surface area contributed by atoms with Gasteiger partial charge in [-0.15, -0.1) is 0 Å². The second-order valence-corrected chi connectivity index (χ2v) is 4.07. The van der Waals surface area contributed by atoms with E-state index in [4.69, 9.17) is 4.74 Å². The summed E-state index contributed by atoms with van der Waals surface area (Å²) in [6, 6.07) is 11.1. The summed E-state index contributed by atoms with van der Waals surface area (Å²) in [7, 11) is 0. The molecule has 0 aliphatic carbocycles. The first kappa shape index (κ1) is 14.7. The average Bonchev–Trinajstić information content (AvgIpc) is 2.94. The molecule has 0 saturated heterocycles. The van der Waals surface area contributed by atoms with Crippen LogP contribution in [0.4, 0.5) is 0 Å². The molecule has 0 bridgehead atoms. The van der Waals surface area contributed by atoms with Gasteiger partial charge in [-0.1, -0.05) is 32.0 Å². The van der Waals surface area contributed by atoms with Crippen LogP contribution in [0.5, 0.6) is 11.6 Å². The maximum atomic E-state index is 11.4. The van der Waals surface area contributed by atoms with Crippen LogP contribution in [0.2, 0.25) is 0 Å². The molecule has 0 saturated carbocycles. The number of rotatable bonds is 2. The number of para-hydroxylation sites is 1. The number of hydrogen-bond donors (Lipinski definition) is 0. The van der Waals surface area contributed by atoms with Gasteiger partial charge in [0.1, 0.15) is 5.75 Å². The van der Waals surface area contributed by atoms with E-state index in [2.05, 4.69) is 10.1 Å². The summed E-state index contributed by atoms with van der Waals surface area (Å²) in [6.45, 7) is 5.46. The van der Waals surface area contributed by atoms with E-state index >= 15 is 0 Å². The molecule has 5 heteroatoms. The van der Waals surface area contributed by atoms with Crippen LogP contribution in [-0.2, 0) is 0 Å². The standard InChI is InChI=1S/C14H11N3O2.C2H6/c1-10(18)17-13-7-14(15-8-11(13)9-16-17)19-12-5-3-2-4-6-12;1-2/h2-9H,1H3;1-2H3. The molecule has 5 nitrogen and oxygen atoms in total. The van der Waals surface area contributed by atoms with Crippen molar-refractivity contribution in [3.8, 4) is 11.6 Å². The summed E-state index contributed by atoms with van der Waals surface area (Å²) >= 11 is 0. The highest BCUT2D eigenvalue weighted by Crippen LogP contribution is 2.22. The van der Waals surface area contributed by atoms with Crippen LogP contribution in [-0.4, -0.2) is 20.7 Å². The van der Waals surface area contributed by atoms with Crippen molar-refractivity contribution < 1.29 is 9.53 Å². The van der Waals surface area contributed by atoms with E-state index in [1.165, 1.54) is 11.6 Å². The number of pyridine rings is 1. The fraction of sp³-hybridized carbons (Fsp3) is 0.188. The Morgan fingerprint density at radius 3 is 2.52 bits per heavy atom. The fourth-order valence-electron chi connectivity index (χ4n) is 1.82. The van der Waals surface area contributed by atoms with Gasteiger partial charge in [0, 0.05) is 24.6 Å². The Kier molecular flexibility index (Phi) is 4.66. The van der Waals surface area contributed by atoms with E-state index in [-0.39, 0.29) is 5.91 Å². The Balaban J connectivity index is 0.000000774. The molecule has 3 rings (SSSR count). The molecule has 0 unspecified atom stereocenters. The third-order valence-corrected chi connectivity index (χ3v) is 2.69. The Labute approximate surface area is 123 Å². The quantitative estimate of drug-likeness (QED) is 0.715. The maximum Gasteiger partial charge on any atom is 0.244 e. The van der Waals surface area contributed by atoms with Crippen LogP contribution >= 0.6 is 0 Å². The van der Waals surface area contributed by atoms with Gasteiger partial charge in [0.15, 0.2) is 0 Å². The van der Waals surface area contributed by atoms with E-state index in [0.29, 0.717) is 17.1 Å². The molecule has 3 aromatic rings. The molecule has 0 N–H and O–H groups in total. The van der Waals surface area contributed by atoms with Crippen molar-refractivity contribution in [2.45, 2.75) is 20.8 Å². The van der Waals surface area contributed by atoms with E-state index in [1.807, 2.05) is 44.2 Å². The molecule has 0 fully saturated rings. The lowest BCUT2D eigenvalue weighted by atomic mass is 10.3. The van der Waals surface area contributed by atoms with Crippen molar-refractivity contribution in [1.82, 2.24) is 14.8 Å². The van der Waals surface area contributed by atoms with Gasteiger partial charge in [0.05, 0.1) is 11.7 Å². The van der Waals surface area contributed by atoms with Crippen molar-refractivity contribution >= 4 is 16.8 Å². The van der Waals surface area contributed by atoms with Gasteiger partial charge >= 0.3 is 0 Å².